The highest BCUT2D eigenvalue weighted by molar-refractivity contribution is 6.34. The Hall–Kier alpha value is -2.92. The van der Waals surface area contributed by atoms with Crippen molar-refractivity contribution < 1.29 is 0 Å². The SMILES string of the molecule is Cn1cc(C=NNc2nnc(Cl)c3ccccc23)c2ccccc21. The van der Waals surface area contributed by atoms with Gasteiger partial charge in [0.05, 0.1) is 6.21 Å². The standard InChI is InChI=1S/C18H14ClN5/c1-24-11-12(13-6-4-5-9-16(13)24)10-20-22-18-15-8-3-2-7-14(15)17(19)21-23-18/h2-11H,1H3,(H,22,23). The Kier molecular flexibility index (Phi) is 3.63. The molecule has 4 rings (SSSR count). The molecule has 2 heterocycles. The Labute approximate surface area is 143 Å². The van der Waals surface area contributed by atoms with Gasteiger partial charge in [0.2, 0.25) is 0 Å². The molecule has 2 aromatic carbocycles. The van der Waals surface area contributed by atoms with Gasteiger partial charge < -0.3 is 4.57 Å². The number of aryl methyl sites for hydroxylation is 1. The molecule has 0 fully saturated rings. The first kappa shape index (κ1) is 14.7. The predicted octanol–water partition coefficient (Wildman–Crippen LogP) is 4.22. The number of hydrogen-bond donors (Lipinski definition) is 1. The third kappa shape index (κ3) is 2.49. The molecule has 2 aromatic heterocycles. The average molecular weight is 336 g/mol. The predicted molar refractivity (Wildman–Crippen MR) is 98.7 cm³/mol. The summed E-state index contributed by atoms with van der Waals surface area (Å²) in [4.78, 5) is 0. The van der Waals surface area contributed by atoms with Gasteiger partial charge in [-0.2, -0.15) is 5.10 Å². The number of rotatable bonds is 3. The molecule has 0 saturated heterocycles. The number of benzene rings is 2. The molecule has 4 aromatic rings. The molecule has 5 nitrogen and oxygen atoms in total. The van der Waals surface area contributed by atoms with Crippen LogP contribution in [-0.2, 0) is 7.05 Å². The van der Waals surface area contributed by atoms with Crippen molar-refractivity contribution in [3.05, 3.63) is 65.4 Å². The van der Waals surface area contributed by atoms with Gasteiger partial charge in [0.25, 0.3) is 0 Å². The van der Waals surface area contributed by atoms with Crippen LogP contribution in [-0.4, -0.2) is 21.0 Å². The Morgan fingerprint density at radius 2 is 1.71 bits per heavy atom. The molecule has 24 heavy (non-hydrogen) atoms. The quantitative estimate of drug-likeness (QED) is 0.450. The van der Waals surface area contributed by atoms with Gasteiger partial charge in [-0.25, -0.2) is 0 Å². The first-order valence-corrected chi connectivity index (χ1v) is 7.86. The van der Waals surface area contributed by atoms with E-state index in [1.165, 1.54) is 0 Å². The molecule has 0 bridgehead atoms. The minimum atomic E-state index is 0.384. The van der Waals surface area contributed by atoms with Gasteiger partial charge in [-0.05, 0) is 6.07 Å². The molecule has 0 spiro atoms. The summed E-state index contributed by atoms with van der Waals surface area (Å²) < 4.78 is 2.08. The number of nitrogens with one attached hydrogen (secondary N) is 1. The second-order valence-corrected chi connectivity index (χ2v) is 5.83. The summed E-state index contributed by atoms with van der Waals surface area (Å²) in [6, 6.07) is 15.9. The summed E-state index contributed by atoms with van der Waals surface area (Å²) in [6.07, 6.45) is 3.83. The van der Waals surface area contributed by atoms with Crippen molar-refractivity contribution in [2.45, 2.75) is 0 Å². The van der Waals surface area contributed by atoms with Crippen LogP contribution in [0.1, 0.15) is 5.56 Å². The average Bonchev–Trinajstić information content (AvgIpc) is 2.94. The lowest BCUT2D eigenvalue weighted by Crippen LogP contribution is -1.97. The number of aromatic nitrogens is 3. The van der Waals surface area contributed by atoms with Gasteiger partial charge in [-0.15, -0.1) is 10.2 Å². The van der Waals surface area contributed by atoms with Crippen LogP contribution in [0.5, 0.6) is 0 Å². The Morgan fingerprint density at radius 3 is 2.54 bits per heavy atom. The topological polar surface area (TPSA) is 55.1 Å². The lowest BCUT2D eigenvalue weighted by Gasteiger charge is -2.04. The Balaban J connectivity index is 1.67. The van der Waals surface area contributed by atoms with Crippen LogP contribution < -0.4 is 5.43 Å². The van der Waals surface area contributed by atoms with Gasteiger partial charge in [0.15, 0.2) is 11.0 Å². The summed E-state index contributed by atoms with van der Waals surface area (Å²) in [6.45, 7) is 0. The molecular weight excluding hydrogens is 322 g/mol. The minimum Gasteiger partial charge on any atom is -0.350 e. The highest BCUT2D eigenvalue weighted by Crippen LogP contribution is 2.25. The summed E-state index contributed by atoms with van der Waals surface area (Å²) in [5.74, 6) is 0.575. The summed E-state index contributed by atoms with van der Waals surface area (Å²) in [5.41, 5.74) is 5.16. The normalized spacial score (nSPS) is 11.6. The molecule has 0 aliphatic heterocycles. The van der Waals surface area contributed by atoms with Crippen LogP contribution in [0, 0.1) is 0 Å². The number of hydrogen-bond acceptors (Lipinski definition) is 4. The van der Waals surface area contributed by atoms with Crippen LogP contribution >= 0.6 is 11.6 Å². The number of anilines is 1. The second-order valence-electron chi connectivity index (χ2n) is 5.47. The van der Waals surface area contributed by atoms with E-state index >= 15 is 0 Å². The van der Waals surface area contributed by atoms with E-state index in [0.29, 0.717) is 11.0 Å². The molecule has 0 aliphatic carbocycles. The molecule has 0 atom stereocenters. The van der Waals surface area contributed by atoms with Crippen LogP contribution in [0.4, 0.5) is 5.82 Å². The molecule has 118 valence electrons. The highest BCUT2D eigenvalue weighted by Gasteiger charge is 2.07. The fourth-order valence-corrected chi connectivity index (χ4v) is 3.00. The van der Waals surface area contributed by atoms with E-state index in [1.807, 2.05) is 49.6 Å². The van der Waals surface area contributed by atoms with E-state index < -0.39 is 0 Å². The van der Waals surface area contributed by atoms with E-state index in [9.17, 15) is 0 Å². The number of hydrazone groups is 1. The van der Waals surface area contributed by atoms with Crippen molar-refractivity contribution in [2.75, 3.05) is 5.43 Å². The molecule has 0 amide bonds. The zero-order valence-corrected chi connectivity index (χ0v) is 13.7. The molecular formula is C18H14ClN5. The van der Waals surface area contributed by atoms with E-state index in [-0.39, 0.29) is 0 Å². The zero-order valence-electron chi connectivity index (χ0n) is 12.9. The third-order valence-electron chi connectivity index (χ3n) is 3.94. The molecule has 0 radical (unpaired) electrons. The van der Waals surface area contributed by atoms with Gasteiger partial charge in [0, 0.05) is 40.5 Å². The number of para-hydroxylation sites is 1. The maximum atomic E-state index is 6.08. The lowest BCUT2D eigenvalue weighted by molar-refractivity contribution is 0.968. The first-order chi connectivity index (χ1) is 11.7. The van der Waals surface area contributed by atoms with Crippen LogP contribution in [0.15, 0.2) is 59.8 Å². The molecule has 6 heteroatoms. The van der Waals surface area contributed by atoms with Gasteiger partial charge in [-0.3, -0.25) is 5.43 Å². The number of fused-ring (bicyclic) bond motifs is 2. The van der Waals surface area contributed by atoms with Crippen LogP contribution in [0.3, 0.4) is 0 Å². The van der Waals surface area contributed by atoms with Crippen molar-refractivity contribution in [2.24, 2.45) is 12.1 Å². The molecule has 0 aliphatic rings. The van der Waals surface area contributed by atoms with E-state index in [2.05, 4.69) is 37.4 Å². The Bertz CT molecular complexity index is 1070. The van der Waals surface area contributed by atoms with E-state index in [0.717, 1.165) is 27.2 Å². The summed E-state index contributed by atoms with van der Waals surface area (Å²) in [7, 11) is 2.02. The fraction of sp³-hybridized carbons (Fsp3) is 0.0556. The maximum absolute atomic E-state index is 6.08. The lowest BCUT2D eigenvalue weighted by atomic mass is 10.2. The first-order valence-electron chi connectivity index (χ1n) is 7.48. The van der Waals surface area contributed by atoms with Crippen molar-refractivity contribution in [3.63, 3.8) is 0 Å². The second kappa shape index (κ2) is 5.94. The summed E-state index contributed by atoms with van der Waals surface area (Å²) >= 11 is 6.08. The monoisotopic (exact) mass is 335 g/mol. The van der Waals surface area contributed by atoms with Crippen molar-refractivity contribution in [1.29, 1.82) is 0 Å². The van der Waals surface area contributed by atoms with Crippen LogP contribution in [0.25, 0.3) is 21.7 Å². The third-order valence-corrected chi connectivity index (χ3v) is 4.22. The fourth-order valence-electron chi connectivity index (χ4n) is 2.79. The zero-order chi connectivity index (χ0) is 16.5. The molecule has 0 saturated carbocycles. The number of nitrogens with zero attached hydrogens (tertiary/aromatic N) is 4. The number of halogens is 1. The summed E-state index contributed by atoms with van der Waals surface area (Å²) in [5, 5.41) is 15.6. The van der Waals surface area contributed by atoms with Crippen molar-refractivity contribution in [1.82, 2.24) is 14.8 Å². The smallest absolute Gasteiger partial charge is 0.176 e. The van der Waals surface area contributed by atoms with Crippen molar-refractivity contribution in [3.8, 4) is 0 Å². The van der Waals surface area contributed by atoms with Crippen LogP contribution in [0.2, 0.25) is 5.15 Å². The van der Waals surface area contributed by atoms with Gasteiger partial charge >= 0.3 is 0 Å². The van der Waals surface area contributed by atoms with Gasteiger partial charge in [-0.1, -0.05) is 54.1 Å². The van der Waals surface area contributed by atoms with E-state index in [1.54, 1.807) is 6.21 Å². The van der Waals surface area contributed by atoms with Crippen molar-refractivity contribution >= 4 is 45.3 Å². The molecule has 1 N–H and O–H groups in total. The van der Waals surface area contributed by atoms with Gasteiger partial charge in [0.1, 0.15) is 0 Å². The Morgan fingerprint density at radius 1 is 1.00 bits per heavy atom. The minimum absolute atomic E-state index is 0.384. The highest BCUT2D eigenvalue weighted by atomic mass is 35.5. The van der Waals surface area contributed by atoms with E-state index in [4.69, 9.17) is 11.6 Å². The largest absolute Gasteiger partial charge is 0.350 e. The maximum Gasteiger partial charge on any atom is 0.176 e. The molecule has 0 unspecified atom stereocenters.